The maximum atomic E-state index is 9.19. The van der Waals surface area contributed by atoms with Gasteiger partial charge in [0, 0.05) is 21.8 Å². The van der Waals surface area contributed by atoms with E-state index in [1.54, 1.807) is 12.3 Å². The zero-order valence-corrected chi connectivity index (χ0v) is 18.1. The maximum Gasteiger partial charge on any atom is 0.261 e. The Morgan fingerprint density at radius 2 is 2.00 bits per heavy atom. The van der Waals surface area contributed by atoms with Crippen LogP contribution >= 0.6 is 23.2 Å². The fourth-order valence-electron chi connectivity index (χ4n) is 3.08. The third-order valence-electron chi connectivity index (χ3n) is 4.12. The Labute approximate surface area is 179 Å². The summed E-state index contributed by atoms with van der Waals surface area (Å²) < 4.78 is 25.9. The molecule has 1 heterocycles. The first-order chi connectivity index (χ1) is 13.5. The highest BCUT2D eigenvalue weighted by molar-refractivity contribution is 7.85. The van der Waals surface area contributed by atoms with E-state index in [0.29, 0.717) is 22.7 Å². The minimum absolute atomic E-state index is 0.116. The Morgan fingerprint density at radius 1 is 1.34 bits per heavy atom. The standard InChI is InChI=1S/C17H17Cl2N5.CH4O3S/c1-9-4-5-22-14-6-10(12-8-11(18)2-3-13(12)19)7-15(16(9)14)23-24-17(20)21;1-5(2,3)4/h2-5,8,10H,6-7H2,1H3,(H4,20,21,24);1H3,(H,2,3,4)/b23-15-;. The number of halogens is 2. The van der Waals surface area contributed by atoms with E-state index in [9.17, 15) is 8.42 Å². The Hall–Kier alpha value is -2.20. The van der Waals surface area contributed by atoms with Crippen molar-refractivity contribution in [3.8, 4) is 0 Å². The molecule has 0 radical (unpaired) electrons. The van der Waals surface area contributed by atoms with Gasteiger partial charge in [-0.15, -0.1) is 0 Å². The number of hydrazone groups is 1. The van der Waals surface area contributed by atoms with Crippen molar-refractivity contribution in [3.63, 3.8) is 0 Å². The lowest BCUT2D eigenvalue weighted by molar-refractivity contribution is 0.490. The molecular weight excluding hydrogens is 437 g/mol. The lowest BCUT2D eigenvalue weighted by Gasteiger charge is -2.27. The van der Waals surface area contributed by atoms with Crippen LogP contribution in [0.5, 0.6) is 0 Å². The predicted molar refractivity (Wildman–Crippen MR) is 116 cm³/mol. The number of aromatic nitrogens is 1. The molecule has 0 saturated carbocycles. The molecule has 2 aromatic rings. The molecule has 1 aliphatic rings. The first-order valence-electron chi connectivity index (χ1n) is 8.44. The monoisotopic (exact) mass is 457 g/mol. The number of hydrogen-bond donors (Lipinski definition) is 4. The van der Waals surface area contributed by atoms with E-state index in [4.69, 9.17) is 38.9 Å². The quantitative estimate of drug-likeness (QED) is 0.236. The topological polar surface area (TPSA) is 142 Å². The van der Waals surface area contributed by atoms with Crippen LogP contribution in [-0.4, -0.2) is 35.9 Å². The molecule has 3 rings (SSSR count). The molecule has 0 bridgehead atoms. The van der Waals surface area contributed by atoms with Crippen LogP contribution in [0.25, 0.3) is 0 Å². The van der Waals surface area contributed by atoms with Crippen molar-refractivity contribution in [2.45, 2.75) is 25.7 Å². The number of fused-ring (bicyclic) bond motifs is 1. The lowest BCUT2D eigenvalue weighted by atomic mass is 9.80. The van der Waals surface area contributed by atoms with Crippen molar-refractivity contribution in [2.24, 2.45) is 10.8 Å². The van der Waals surface area contributed by atoms with Crippen molar-refractivity contribution >= 4 is 45.0 Å². The minimum atomic E-state index is -3.67. The van der Waals surface area contributed by atoms with Gasteiger partial charge in [-0.2, -0.15) is 13.5 Å². The number of benzene rings is 1. The molecule has 1 unspecified atom stereocenters. The van der Waals surface area contributed by atoms with Crippen LogP contribution in [0.1, 0.15) is 34.7 Å². The summed E-state index contributed by atoms with van der Waals surface area (Å²) in [6.45, 7) is 2.02. The van der Waals surface area contributed by atoms with E-state index in [-0.39, 0.29) is 11.9 Å². The smallest absolute Gasteiger partial charge is 0.261 e. The number of hydrogen-bond acceptors (Lipinski definition) is 5. The van der Waals surface area contributed by atoms with Gasteiger partial charge >= 0.3 is 0 Å². The Bertz CT molecular complexity index is 1050. The molecule has 29 heavy (non-hydrogen) atoms. The van der Waals surface area contributed by atoms with E-state index in [0.717, 1.165) is 34.5 Å². The highest BCUT2D eigenvalue weighted by Gasteiger charge is 2.28. The molecule has 1 aliphatic carbocycles. The molecule has 1 aromatic carbocycles. The zero-order chi connectivity index (χ0) is 21.8. The van der Waals surface area contributed by atoms with Crippen LogP contribution in [0.3, 0.4) is 0 Å². The van der Waals surface area contributed by atoms with Gasteiger partial charge in [0.05, 0.1) is 17.7 Å². The second kappa shape index (κ2) is 9.53. The molecule has 8 nitrogen and oxygen atoms in total. The normalized spacial score (nSPS) is 17.1. The van der Waals surface area contributed by atoms with Gasteiger partial charge in [-0.25, -0.2) is 5.43 Å². The fraction of sp³-hybridized carbons (Fsp3) is 0.278. The van der Waals surface area contributed by atoms with E-state index >= 15 is 0 Å². The van der Waals surface area contributed by atoms with Gasteiger partial charge in [-0.3, -0.25) is 14.9 Å². The maximum absolute atomic E-state index is 9.19. The third kappa shape index (κ3) is 6.97. The number of guanidine groups is 1. The van der Waals surface area contributed by atoms with Crippen LogP contribution in [0, 0.1) is 12.3 Å². The van der Waals surface area contributed by atoms with Crippen molar-refractivity contribution < 1.29 is 13.0 Å². The summed E-state index contributed by atoms with van der Waals surface area (Å²) in [7, 11) is -3.67. The van der Waals surface area contributed by atoms with Gasteiger partial charge in [0.25, 0.3) is 10.1 Å². The fourth-order valence-corrected chi connectivity index (χ4v) is 3.53. The van der Waals surface area contributed by atoms with Crippen molar-refractivity contribution in [1.82, 2.24) is 10.4 Å². The molecule has 156 valence electrons. The number of nitrogens with two attached hydrogens (primary N) is 1. The van der Waals surface area contributed by atoms with E-state index in [2.05, 4.69) is 15.5 Å². The summed E-state index contributed by atoms with van der Waals surface area (Å²) in [6.07, 6.45) is 3.94. The van der Waals surface area contributed by atoms with Gasteiger partial charge in [-0.05, 0) is 61.1 Å². The summed E-state index contributed by atoms with van der Waals surface area (Å²) >= 11 is 12.5. The molecule has 5 N–H and O–H groups in total. The van der Waals surface area contributed by atoms with E-state index < -0.39 is 10.1 Å². The predicted octanol–water partition coefficient (Wildman–Crippen LogP) is 3.12. The summed E-state index contributed by atoms with van der Waals surface area (Å²) in [5.41, 5.74) is 12.8. The number of nitrogens with one attached hydrogen (secondary N) is 2. The lowest BCUT2D eigenvalue weighted by Crippen LogP contribution is -2.29. The molecule has 0 saturated heterocycles. The second-order valence-corrected chi connectivity index (χ2v) is 8.85. The van der Waals surface area contributed by atoms with Crippen LogP contribution in [-0.2, 0) is 16.5 Å². The molecule has 0 aliphatic heterocycles. The Morgan fingerprint density at radius 3 is 2.62 bits per heavy atom. The van der Waals surface area contributed by atoms with Gasteiger partial charge in [-0.1, -0.05) is 23.2 Å². The van der Waals surface area contributed by atoms with E-state index in [1.165, 1.54) is 0 Å². The Kier molecular flexibility index (Phi) is 7.59. The van der Waals surface area contributed by atoms with Crippen LogP contribution in [0.2, 0.25) is 10.0 Å². The molecule has 0 amide bonds. The average Bonchev–Trinajstić information content (AvgIpc) is 2.60. The summed E-state index contributed by atoms with van der Waals surface area (Å²) in [6, 6.07) is 7.43. The van der Waals surface area contributed by atoms with Gasteiger partial charge in [0.2, 0.25) is 5.96 Å². The molecule has 1 atom stereocenters. The highest BCUT2D eigenvalue weighted by atomic mass is 35.5. The number of nitrogens with zero attached hydrogens (tertiary/aromatic N) is 2. The van der Waals surface area contributed by atoms with Gasteiger partial charge < -0.3 is 5.73 Å². The molecule has 0 fully saturated rings. The minimum Gasteiger partial charge on any atom is -0.369 e. The highest BCUT2D eigenvalue weighted by Crippen LogP contribution is 2.37. The van der Waals surface area contributed by atoms with Crippen LogP contribution in [0.4, 0.5) is 0 Å². The van der Waals surface area contributed by atoms with Crippen LogP contribution < -0.4 is 11.2 Å². The third-order valence-corrected chi connectivity index (χ3v) is 4.69. The number of aryl methyl sites for hydroxylation is 1. The molecular formula is C18H21Cl2N5O3S. The zero-order valence-electron chi connectivity index (χ0n) is 15.8. The van der Waals surface area contributed by atoms with Gasteiger partial charge in [0.1, 0.15) is 0 Å². The summed E-state index contributed by atoms with van der Waals surface area (Å²) in [5, 5.41) is 13.0. The van der Waals surface area contributed by atoms with E-state index in [1.807, 2.05) is 25.1 Å². The van der Waals surface area contributed by atoms with Crippen molar-refractivity contribution in [1.29, 1.82) is 5.41 Å². The number of rotatable bonds is 2. The van der Waals surface area contributed by atoms with Crippen molar-refractivity contribution in [3.05, 3.63) is 62.9 Å². The molecule has 0 spiro atoms. The Balaban J connectivity index is 0.000000537. The summed E-state index contributed by atoms with van der Waals surface area (Å²) in [5.74, 6) is -0.0842. The molecule has 1 aromatic heterocycles. The first-order valence-corrected chi connectivity index (χ1v) is 11.0. The second-order valence-electron chi connectivity index (χ2n) is 6.54. The molecule has 11 heteroatoms. The SMILES string of the molecule is CS(=O)(=O)O.Cc1ccnc2c1/C(=N\NC(=N)N)CC(c1cc(Cl)ccc1Cl)C2. The summed E-state index contributed by atoms with van der Waals surface area (Å²) in [4.78, 5) is 4.52. The van der Waals surface area contributed by atoms with Crippen LogP contribution in [0.15, 0.2) is 35.6 Å². The average molecular weight is 458 g/mol. The largest absolute Gasteiger partial charge is 0.369 e. The van der Waals surface area contributed by atoms with Crippen molar-refractivity contribution in [2.75, 3.05) is 6.26 Å². The first kappa shape index (κ1) is 23.1. The number of pyridine rings is 1. The van der Waals surface area contributed by atoms with Gasteiger partial charge in [0.15, 0.2) is 0 Å².